The van der Waals surface area contributed by atoms with E-state index in [-0.39, 0.29) is 29.6 Å². The summed E-state index contributed by atoms with van der Waals surface area (Å²) >= 11 is 0. The summed E-state index contributed by atoms with van der Waals surface area (Å²) in [6.45, 7) is 3.32. The fourth-order valence-corrected chi connectivity index (χ4v) is 6.57. The Morgan fingerprint density at radius 3 is 2.12 bits per heavy atom. The maximum Gasteiger partial charge on any atom is 0.267 e. The van der Waals surface area contributed by atoms with Crippen molar-refractivity contribution < 1.29 is 17.9 Å². The first kappa shape index (κ1) is 30.0. The number of benzene rings is 4. The van der Waals surface area contributed by atoms with Crippen LogP contribution in [0, 0.1) is 0 Å². The number of ether oxygens (including phenoxy) is 1. The summed E-state index contributed by atoms with van der Waals surface area (Å²) in [5, 5.41) is 3.03. The molecule has 5 rings (SSSR count). The van der Waals surface area contributed by atoms with Crippen molar-refractivity contribution in [2.75, 3.05) is 30.0 Å². The number of unbranched alkanes of at least 4 members (excludes halogenated alkanes) is 1. The Hall–Kier alpha value is -4.47. The van der Waals surface area contributed by atoms with E-state index < -0.39 is 10.0 Å². The number of fused-ring (bicyclic) bond motifs is 1. The maximum absolute atomic E-state index is 13.6. The summed E-state index contributed by atoms with van der Waals surface area (Å²) in [4.78, 5) is 20.4. The van der Waals surface area contributed by atoms with Crippen LogP contribution >= 0.6 is 0 Å². The third kappa shape index (κ3) is 7.13. The predicted octanol–water partition coefficient (Wildman–Crippen LogP) is 7.43. The van der Waals surface area contributed by atoms with Crippen LogP contribution in [0.1, 0.15) is 32.6 Å². The maximum atomic E-state index is 13.6. The molecule has 0 unspecified atom stereocenters. The van der Waals surface area contributed by atoms with Gasteiger partial charge in [0.2, 0.25) is 5.91 Å². The molecule has 8 nitrogen and oxygen atoms in total. The molecule has 0 bridgehead atoms. The molecular weight excluding hydrogens is 560 g/mol. The highest BCUT2D eigenvalue weighted by Crippen LogP contribution is 2.39. The van der Waals surface area contributed by atoms with Crippen LogP contribution in [0.3, 0.4) is 0 Å². The van der Waals surface area contributed by atoms with E-state index in [2.05, 4.69) is 22.1 Å². The van der Waals surface area contributed by atoms with Crippen LogP contribution in [0.15, 0.2) is 119 Å². The van der Waals surface area contributed by atoms with Crippen molar-refractivity contribution >= 4 is 50.2 Å². The van der Waals surface area contributed by atoms with Crippen molar-refractivity contribution in [3.8, 4) is 0 Å². The van der Waals surface area contributed by atoms with Crippen LogP contribution in [0.4, 0.5) is 28.4 Å². The number of nitrogens with zero attached hydrogens (tertiary/aromatic N) is 3. The average molecular weight is 597 g/mol. The summed E-state index contributed by atoms with van der Waals surface area (Å²) < 4.78 is 34.2. The van der Waals surface area contributed by atoms with Crippen molar-refractivity contribution in [3.05, 3.63) is 109 Å². The zero-order valence-corrected chi connectivity index (χ0v) is 25.0. The van der Waals surface area contributed by atoms with Gasteiger partial charge in [-0.3, -0.25) is 9.10 Å². The Labute approximate surface area is 253 Å². The topological polar surface area (TPSA) is 91.3 Å². The van der Waals surface area contributed by atoms with E-state index in [0.29, 0.717) is 31.0 Å². The van der Waals surface area contributed by atoms with Gasteiger partial charge in [0.15, 0.2) is 0 Å². The lowest BCUT2D eigenvalue weighted by Gasteiger charge is -2.30. The van der Waals surface area contributed by atoms with Crippen molar-refractivity contribution in [3.63, 3.8) is 0 Å². The van der Waals surface area contributed by atoms with E-state index >= 15 is 0 Å². The van der Waals surface area contributed by atoms with E-state index in [1.54, 1.807) is 24.3 Å². The normalized spacial score (nSPS) is 13.6. The van der Waals surface area contributed by atoms with Crippen LogP contribution in [0.2, 0.25) is 0 Å². The highest BCUT2D eigenvalue weighted by molar-refractivity contribution is 7.90. The number of nitrogens with one attached hydrogen (secondary N) is 1. The lowest BCUT2D eigenvalue weighted by Crippen LogP contribution is -2.41. The Bertz CT molecular complexity index is 1620. The lowest BCUT2D eigenvalue weighted by atomic mass is 10.1. The van der Waals surface area contributed by atoms with Gasteiger partial charge in [-0.25, -0.2) is 13.4 Å². The third-order valence-electron chi connectivity index (χ3n) is 7.03. The van der Waals surface area contributed by atoms with E-state index in [1.165, 1.54) is 4.31 Å². The highest BCUT2D eigenvalue weighted by atomic mass is 32.2. The first-order valence-corrected chi connectivity index (χ1v) is 16.0. The van der Waals surface area contributed by atoms with Gasteiger partial charge in [0.05, 0.1) is 23.5 Å². The standard InChI is InChI=1S/C34H36N4O4S/c1-2-3-24-42-25-14-23-37-33(35-30-20-11-13-22-32(30)43(37,40)41)26-34(39)36-29-19-10-12-21-31(29)38(27-15-6-4-7-16-27)28-17-8-5-9-18-28/h4-13,15-22H,2-3,14,23-26H2,1H3,(H,36,39). The second kappa shape index (κ2) is 14.1. The average Bonchev–Trinajstić information content (AvgIpc) is 3.02. The van der Waals surface area contributed by atoms with Gasteiger partial charge in [0.25, 0.3) is 10.0 Å². The van der Waals surface area contributed by atoms with Crippen LogP contribution < -0.4 is 10.2 Å². The number of amidine groups is 1. The zero-order chi connectivity index (χ0) is 30.1. The van der Waals surface area contributed by atoms with Crippen LogP contribution in [-0.2, 0) is 19.6 Å². The monoisotopic (exact) mass is 596 g/mol. The molecule has 9 heteroatoms. The van der Waals surface area contributed by atoms with Crippen LogP contribution in [0.5, 0.6) is 0 Å². The number of hydrogen-bond acceptors (Lipinski definition) is 6. The fourth-order valence-electron chi connectivity index (χ4n) is 4.95. The van der Waals surface area contributed by atoms with E-state index in [9.17, 15) is 13.2 Å². The molecule has 1 N–H and O–H groups in total. The number of rotatable bonds is 13. The minimum Gasteiger partial charge on any atom is -0.381 e. The molecule has 0 radical (unpaired) electrons. The number of amides is 1. The quantitative estimate of drug-likeness (QED) is 0.162. The Kier molecular flexibility index (Phi) is 9.86. The zero-order valence-electron chi connectivity index (χ0n) is 24.2. The van der Waals surface area contributed by atoms with Crippen molar-refractivity contribution in [2.24, 2.45) is 4.99 Å². The second-order valence-corrected chi connectivity index (χ2v) is 12.0. The van der Waals surface area contributed by atoms with Gasteiger partial charge in [-0.15, -0.1) is 0 Å². The molecule has 222 valence electrons. The number of para-hydroxylation sites is 5. The molecule has 1 heterocycles. The molecule has 4 aromatic carbocycles. The number of anilines is 4. The molecule has 43 heavy (non-hydrogen) atoms. The summed E-state index contributed by atoms with van der Waals surface area (Å²) in [5.74, 6) is -0.184. The summed E-state index contributed by atoms with van der Waals surface area (Å²) in [7, 11) is -3.88. The Morgan fingerprint density at radius 1 is 0.814 bits per heavy atom. The van der Waals surface area contributed by atoms with E-state index in [1.807, 2.05) is 84.9 Å². The van der Waals surface area contributed by atoms with E-state index in [4.69, 9.17) is 4.74 Å². The molecule has 0 fully saturated rings. The molecule has 0 atom stereocenters. The fraction of sp³-hybridized carbons (Fsp3) is 0.235. The van der Waals surface area contributed by atoms with Gasteiger partial charge < -0.3 is 15.0 Å². The molecular formula is C34H36N4O4S. The number of hydrogen-bond donors (Lipinski definition) is 1. The summed E-state index contributed by atoms with van der Waals surface area (Å²) in [6, 6.07) is 34.0. The number of aliphatic imine (C=N–C) groups is 1. The molecule has 0 aliphatic carbocycles. The molecule has 1 aliphatic heterocycles. The molecule has 0 saturated carbocycles. The van der Waals surface area contributed by atoms with Gasteiger partial charge in [-0.05, 0) is 61.4 Å². The van der Waals surface area contributed by atoms with Crippen molar-refractivity contribution in [2.45, 2.75) is 37.5 Å². The minimum atomic E-state index is -3.88. The van der Waals surface area contributed by atoms with Crippen LogP contribution in [0.25, 0.3) is 0 Å². The summed E-state index contributed by atoms with van der Waals surface area (Å²) in [5.41, 5.74) is 3.57. The Morgan fingerprint density at radius 2 is 1.42 bits per heavy atom. The molecule has 1 amide bonds. The second-order valence-electron chi connectivity index (χ2n) is 10.1. The predicted molar refractivity (Wildman–Crippen MR) is 172 cm³/mol. The minimum absolute atomic E-state index is 0.137. The molecule has 0 aromatic heterocycles. The molecule has 0 saturated heterocycles. The number of carbonyl (C=O) groups excluding carboxylic acids is 1. The third-order valence-corrected chi connectivity index (χ3v) is 8.90. The van der Waals surface area contributed by atoms with Gasteiger partial charge in [-0.1, -0.05) is 74.0 Å². The first-order chi connectivity index (χ1) is 21.0. The molecule has 1 aliphatic rings. The van der Waals surface area contributed by atoms with Gasteiger partial charge in [0, 0.05) is 31.1 Å². The lowest BCUT2D eigenvalue weighted by molar-refractivity contribution is -0.115. The van der Waals surface area contributed by atoms with Crippen molar-refractivity contribution in [1.29, 1.82) is 0 Å². The molecule has 4 aromatic rings. The first-order valence-electron chi connectivity index (χ1n) is 14.5. The highest BCUT2D eigenvalue weighted by Gasteiger charge is 2.34. The number of carbonyl (C=O) groups is 1. The molecule has 0 spiro atoms. The smallest absolute Gasteiger partial charge is 0.267 e. The van der Waals surface area contributed by atoms with Gasteiger partial charge in [-0.2, -0.15) is 0 Å². The summed E-state index contributed by atoms with van der Waals surface area (Å²) in [6.07, 6.45) is 2.25. The van der Waals surface area contributed by atoms with Gasteiger partial charge >= 0.3 is 0 Å². The van der Waals surface area contributed by atoms with Crippen molar-refractivity contribution in [1.82, 2.24) is 4.31 Å². The number of sulfonamides is 1. The van der Waals surface area contributed by atoms with E-state index in [0.717, 1.165) is 29.9 Å². The largest absolute Gasteiger partial charge is 0.381 e. The van der Waals surface area contributed by atoms with Crippen LogP contribution in [-0.4, -0.2) is 44.2 Å². The Balaban J connectivity index is 1.41. The van der Waals surface area contributed by atoms with Gasteiger partial charge in [0.1, 0.15) is 10.7 Å². The SMILES string of the molecule is CCCCOCCCN1C(CC(=O)Nc2ccccc2N(c2ccccc2)c2ccccc2)=Nc2ccccc2S1(=O)=O.